The van der Waals surface area contributed by atoms with E-state index in [2.05, 4.69) is 48.2 Å². The first-order chi connectivity index (χ1) is 9.40. The Kier molecular flexibility index (Phi) is 3.84. The van der Waals surface area contributed by atoms with E-state index in [1.54, 1.807) is 0 Å². The van der Waals surface area contributed by atoms with Crippen molar-refractivity contribution in [3.8, 4) is 11.1 Å². The van der Waals surface area contributed by atoms with E-state index >= 15 is 0 Å². The maximum atomic E-state index is 4.43. The molecule has 1 aromatic carbocycles. The normalized spacial score (nSPS) is 10.4. The maximum absolute atomic E-state index is 4.43. The highest BCUT2D eigenvalue weighted by Crippen LogP contribution is 2.29. The number of benzene rings is 1. The van der Waals surface area contributed by atoms with Crippen LogP contribution in [0.3, 0.4) is 0 Å². The molecule has 0 bridgehead atoms. The molecule has 0 fully saturated rings. The fourth-order valence-electron chi connectivity index (χ4n) is 2.21. The number of nitrogens with zero attached hydrogens (tertiary/aromatic N) is 2. The minimum atomic E-state index is 0.796. The number of hydrogen-bond donors (Lipinski definition) is 0. The minimum absolute atomic E-state index is 0.796. The molecule has 0 aliphatic carbocycles. The third-order valence-electron chi connectivity index (χ3n) is 3.49. The van der Waals surface area contributed by atoms with Crippen molar-refractivity contribution in [3.63, 3.8) is 0 Å². The summed E-state index contributed by atoms with van der Waals surface area (Å²) < 4.78 is 0. The summed E-state index contributed by atoms with van der Waals surface area (Å²) in [7, 11) is 0. The molecule has 0 aliphatic rings. The van der Waals surface area contributed by atoms with E-state index in [4.69, 9.17) is 0 Å². The zero-order valence-corrected chi connectivity index (χ0v) is 12.6. The molecule has 0 saturated heterocycles. The van der Waals surface area contributed by atoms with Gasteiger partial charge in [-0.05, 0) is 56.0 Å². The van der Waals surface area contributed by atoms with Gasteiger partial charge in [-0.2, -0.15) is 0 Å². The molecule has 0 aliphatic heterocycles. The molecule has 0 atom stereocenters. The summed E-state index contributed by atoms with van der Waals surface area (Å²) in [5.41, 5.74) is 7.48. The van der Waals surface area contributed by atoms with Crippen molar-refractivity contribution in [1.29, 1.82) is 0 Å². The zero-order valence-electron chi connectivity index (χ0n) is 12.6. The fourth-order valence-corrected chi connectivity index (χ4v) is 2.21. The molecule has 0 N–H and O–H groups in total. The van der Waals surface area contributed by atoms with Crippen LogP contribution >= 0.6 is 0 Å². The Balaban J connectivity index is 2.56. The highest BCUT2D eigenvalue weighted by molar-refractivity contribution is 5.81. The van der Waals surface area contributed by atoms with Crippen molar-refractivity contribution in [2.45, 2.75) is 27.7 Å². The third-order valence-corrected chi connectivity index (χ3v) is 3.49. The summed E-state index contributed by atoms with van der Waals surface area (Å²) in [6, 6.07) is 6.36. The van der Waals surface area contributed by atoms with Gasteiger partial charge in [0.2, 0.25) is 0 Å². The molecule has 20 heavy (non-hydrogen) atoms. The second kappa shape index (κ2) is 5.41. The molecule has 0 radical (unpaired) electrons. The van der Waals surface area contributed by atoms with E-state index in [0.29, 0.717) is 0 Å². The van der Waals surface area contributed by atoms with E-state index in [1.807, 2.05) is 27.0 Å². The lowest BCUT2D eigenvalue weighted by Crippen LogP contribution is -1.96. The van der Waals surface area contributed by atoms with Gasteiger partial charge in [0, 0.05) is 17.5 Å². The van der Waals surface area contributed by atoms with E-state index < -0.39 is 0 Å². The molecule has 0 saturated carbocycles. The van der Waals surface area contributed by atoms with Crippen LogP contribution in [0.5, 0.6) is 0 Å². The monoisotopic (exact) mass is 264 g/mol. The van der Waals surface area contributed by atoms with Crippen molar-refractivity contribution < 1.29 is 0 Å². The molecule has 1 heterocycles. The first-order valence-corrected chi connectivity index (χ1v) is 6.66. The molecular formula is C18H20N2. The Morgan fingerprint density at radius 1 is 1.10 bits per heavy atom. The molecule has 2 aromatic rings. The van der Waals surface area contributed by atoms with Crippen LogP contribution in [-0.4, -0.2) is 9.97 Å². The van der Waals surface area contributed by atoms with Gasteiger partial charge in [-0.1, -0.05) is 30.9 Å². The SMILES string of the molecule is C=C(C)C(=C)c1cc(-c2cnc(C)nc2C)ccc1C. The molecule has 102 valence electrons. The minimum Gasteiger partial charge on any atom is -0.241 e. The van der Waals surface area contributed by atoms with Gasteiger partial charge in [0.25, 0.3) is 0 Å². The topological polar surface area (TPSA) is 25.8 Å². The van der Waals surface area contributed by atoms with Crippen molar-refractivity contribution in [3.05, 3.63) is 65.8 Å². The lowest BCUT2D eigenvalue weighted by molar-refractivity contribution is 1.01. The Labute approximate surface area is 120 Å². The van der Waals surface area contributed by atoms with Gasteiger partial charge in [0.1, 0.15) is 5.82 Å². The number of aryl methyl sites for hydroxylation is 3. The molecular weight excluding hydrogens is 244 g/mol. The van der Waals surface area contributed by atoms with Gasteiger partial charge < -0.3 is 0 Å². The average Bonchev–Trinajstić information content (AvgIpc) is 2.39. The number of allylic oxidation sites excluding steroid dienone is 2. The lowest BCUT2D eigenvalue weighted by Gasteiger charge is -2.12. The van der Waals surface area contributed by atoms with Gasteiger partial charge in [0.05, 0.1) is 0 Å². The Morgan fingerprint density at radius 3 is 2.40 bits per heavy atom. The predicted molar refractivity (Wildman–Crippen MR) is 85.5 cm³/mol. The number of hydrogen-bond acceptors (Lipinski definition) is 2. The van der Waals surface area contributed by atoms with E-state index in [-0.39, 0.29) is 0 Å². The highest BCUT2D eigenvalue weighted by Gasteiger charge is 2.09. The third kappa shape index (κ3) is 2.69. The van der Waals surface area contributed by atoms with E-state index in [9.17, 15) is 0 Å². The van der Waals surface area contributed by atoms with Gasteiger partial charge in [-0.15, -0.1) is 0 Å². The van der Waals surface area contributed by atoms with E-state index in [1.165, 1.54) is 5.56 Å². The van der Waals surface area contributed by atoms with Crippen molar-refractivity contribution in [2.24, 2.45) is 0 Å². The first kappa shape index (κ1) is 14.2. The Morgan fingerprint density at radius 2 is 1.80 bits per heavy atom. The van der Waals surface area contributed by atoms with Crippen LogP contribution in [0.15, 0.2) is 43.1 Å². The van der Waals surface area contributed by atoms with Crippen LogP contribution in [-0.2, 0) is 0 Å². The molecule has 2 heteroatoms. The number of rotatable bonds is 3. The molecule has 0 spiro atoms. The number of aromatic nitrogens is 2. The maximum Gasteiger partial charge on any atom is 0.125 e. The molecule has 0 unspecified atom stereocenters. The Bertz CT molecular complexity index is 697. The predicted octanol–water partition coefficient (Wildman–Crippen LogP) is 4.66. The smallest absolute Gasteiger partial charge is 0.125 e. The first-order valence-electron chi connectivity index (χ1n) is 6.66. The van der Waals surface area contributed by atoms with Crippen LogP contribution in [0.2, 0.25) is 0 Å². The van der Waals surface area contributed by atoms with Gasteiger partial charge in [-0.3, -0.25) is 0 Å². The van der Waals surface area contributed by atoms with Gasteiger partial charge in [0.15, 0.2) is 0 Å². The average molecular weight is 264 g/mol. The van der Waals surface area contributed by atoms with Crippen LogP contribution in [0, 0.1) is 20.8 Å². The van der Waals surface area contributed by atoms with Crippen LogP contribution < -0.4 is 0 Å². The van der Waals surface area contributed by atoms with Crippen LogP contribution in [0.25, 0.3) is 16.7 Å². The van der Waals surface area contributed by atoms with Gasteiger partial charge in [-0.25, -0.2) is 9.97 Å². The molecule has 2 rings (SSSR count). The van der Waals surface area contributed by atoms with E-state index in [0.717, 1.165) is 39.4 Å². The van der Waals surface area contributed by atoms with Crippen molar-refractivity contribution >= 4 is 5.57 Å². The van der Waals surface area contributed by atoms with Gasteiger partial charge >= 0.3 is 0 Å². The fraction of sp³-hybridized carbons (Fsp3) is 0.222. The molecule has 0 amide bonds. The summed E-state index contributed by atoms with van der Waals surface area (Å²) in [5.74, 6) is 0.796. The molecule has 2 nitrogen and oxygen atoms in total. The largest absolute Gasteiger partial charge is 0.241 e. The summed E-state index contributed by atoms with van der Waals surface area (Å²) >= 11 is 0. The summed E-state index contributed by atoms with van der Waals surface area (Å²) in [4.78, 5) is 8.73. The lowest BCUT2D eigenvalue weighted by atomic mass is 9.93. The quantitative estimate of drug-likeness (QED) is 0.754. The highest BCUT2D eigenvalue weighted by atomic mass is 14.9. The van der Waals surface area contributed by atoms with Crippen LogP contribution in [0.1, 0.15) is 29.6 Å². The van der Waals surface area contributed by atoms with Crippen molar-refractivity contribution in [1.82, 2.24) is 9.97 Å². The zero-order chi connectivity index (χ0) is 14.9. The summed E-state index contributed by atoms with van der Waals surface area (Å²) in [6.07, 6.45) is 1.88. The van der Waals surface area contributed by atoms with Crippen LogP contribution in [0.4, 0.5) is 0 Å². The van der Waals surface area contributed by atoms with Crippen molar-refractivity contribution in [2.75, 3.05) is 0 Å². The second-order valence-corrected chi connectivity index (χ2v) is 5.20. The standard InChI is InChI=1S/C18H20N2/c1-11(2)13(4)17-9-16(8-7-12(17)3)18-10-19-15(6)20-14(18)5/h7-10H,1,4H2,2-3,5-6H3. The second-order valence-electron chi connectivity index (χ2n) is 5.20. The summed E-state index contributed by atoms with van der Waals surface area (Å²) in [5, 5.41) is 0. The Hall–Kier alpha value is -2.22. The molecule has 1 aromatic heterocycles. The summed E-state index contributed by atoms with van der Waals surface area (Å²) in [6.45, 7) is 16.1.